The maximum absolute atomic E-state index is 6.07. The molecule has 0 fully saturated rings. The van der Waals surface area contributed by atoms with Crippen LogP contribution in [0.2, 0.25) is 0 Å². The zero-order chi connectivity index (χ0) is 11.8. The standard InChI is InChI=1S/C14H14N2O/c1-17-11-5-4-10-6-8-16-7-2-3-13(15)14(16)12(10)9-11/h2-6,8-9H,7,15H2,1H3. The van der Waals surface area contributed by atoms with Gasteiger partial charge in [0.05, 0.1) is 18.5 Å². The van der Waals surface area contributed by atoms with E-state index in [0.717, 1.165) is 29.3 Å². The summed E-state index contributed by atoms with van der Waals surface area (Å²) in [6.07, 6.45) is 8.20. The summed E-state index contributed by atoms with van der Waals surface area (Å²) < 4.78 is 5.27. The van der Waals surface area contributed by atoms with Crippen LogP contribution in [0, 0.1) is 0 Å². The topological polar surface area (TPSA) is 38.5 Å². The van der Waals surface area contributed by atoms with Crippen molar-refractivity contribution in [3.05, 3.63) is 53.4 Å². The molecule has 3 heteroatoms. The van der Waals surface area contributed by atoms with Crippen molar-refractivity contribution in [3.8, 4) is 5.75 Å². The molecule has 1 aromatic rings. The van der Waals surface area contributed by atoms with Crippen LogP contribution in [0.5, 0.6) is 5.75 Å². The normalized spacial score (nSPS) is 16.9. The van der Waals surface area contributed by atoms with E-state index in [4.69, 9.17) is 10.5 Å². The maximum atomic E-state index is 6.07. The predicted molar refractivity (Wildman–Crippen MR) is 69.0 cm³/mol. The number of fused-ring (bicyclic) bond motifs is 3. The molecule has 3 rings (SSSR count). The van der Waals surface area contributed by atoms with Gasteiger partial charge in [0.15, 0.2) is 0 Å². The minimum absolute atomic E-state index is 0.801. The first-order valence-corrected chi connectivity index (χ1v) is 5.59. The minimum atomic E-state index is 0.801. The smallest absolute Gasteiger partial charge is 0.119 e. The molecule has 17 heavy (non-hydrogen) atoms. The number of hydrogen-bond donors (Lipinski definition) is 1. The van der Waals surface area contributed by atoms with Crippen LogP contribution >= 0.6 is 0 Å². The van der Waals surface area contributed by atoms with Gasteiger partial charge in [0, 0.05) is 18.3 Å². The van der Waals surface area contributed by atoms with Gasteiger partial charge in [-0.15, -0.1) is 0 Å². The Morgan fingerprint density at radius 3 is 3.00 bits per heavy atom. The zero-order valence-corrected chi connectivity index (χ0v) is 9.68. The number of ether oxygens (including phenoxy) is 1. The van der Waals surface area contributed by atoms with E-state index in [1.54, 1.807) is 7.11 Å². The Labute approximate surface area is 100 Å². The van der Waals surface area contributed by atoms with Crippen molar-refractivity contribution < 1.29 is 4.74 Å². The molecule has 2 heterocycles. The van der Waals surface area contributed by atoms with E-state index in [-0.39, 0.29) is 0 Å². The van der Waals surface area contributed by atoms with E-state index in [9.17, 15) is 0 Å². The molecule has 0 spiro atoms. The summed E-state index contributed by atoms with van der Waals surface area (Å²) in [6, 6.07) is 6.06. The molecule has 0 aliphatic carbocycles. The Balaban J connectivity index is 2.22. The molecule has 2 N–H and O–H groups in total. The second-order valence-corrected chi connectivity index (χ2v) is 4.13. The average molecular weight is 226 g/mol. The molecule has 0 atom stereocenters. The van der Waals surface area contributed by atoms with Crippen molar-refractivity contribution in [2.24, 2.45) is 5.73 Å². The van der Waals surface area contributed by atoms with Gasteiger partial charge in [-0.25, -0.2) is 0 Å². The molecular weight excluding hydrogens is 212 g/mol. The van der Waals surface area contributed by atoms with Crippen LogP contribution in [-0.4, -0.2) is 18.6 Å². The summed E-state index contributed by atoms with van der Waals surface area (Å²) in [7, 11) is 1.68. The fraction of sp³-hybridized carbons (Fsp3) is 0.143. The molecule has 86 valence electrons. The molecule has 0 bridgehead atoms. The molecule has 3 nitrogen and oxygen atoms in total. The highest BCUT2D eigenvalue weighted by atomic mass is 16.5. The highest BCUT2D eigenvalue weighted by Crippen LogP contribution is 2.34. The van der Waals surface area contributed by atoms with E-state index in [0.29, 0.717) is 0 Å². The van der Waals surface area contributed by atoms with Crippen molar-refractivity contribution in [3.63, 3.8) is 0 Å². The predicted octanol–water partition coefficient (Wildman–Crippen LogP) is 2.18. The first kappa shape index (κ1) is 10.0. The van der Waals surface area contributed by atoms with Gasteiger partial charge >= 0.3 is 0 Å². The van der Waals surface area contributed by atoms with Gasteiger partial charge in [-0.3, -0.25) is 0 Å². The Morgan fingerprint density at radius 1 is 1.29 bits per heavy atom. The van der Waals surface area contributed by atoms with E-state index < -0.39 is 0 Å². The number of hydrogen-bond acceptors (Lipinski definition) is 3. The summed E-state index contributed by atoms with van der Waals surface area (Å²) in [5, 5.41) is 0. The molecule has 0 saturated heterocycles. The molecule has 2 aliphatic heterocycles. The zero-order valence-electron chi connectivity index (χ0n) is 9.68. The number of methoxy groups -OCH3 is 1. The number of benzene rings is 1. The van der Waals surface area contributed by atoms with Gasteiger partial charge in [-0.1, -0.05) is 12.1 Å². The van der Waals surface area contributed by atoms with Crippen LogP contribution in [0.4, 0.5) is 0 Å². The van der Waals surface area contributed by atoms with E-state index >= 15 is 0 Å². The largest absolute Gasteiger partial charge is 0.497 e. The third-order valence-electron chi connectivity index (χ3n) is 3.11. The van der Waals surface area contributed by atoms with Gasteiger partial charge < -0.3 is 15.4 Å². The quantitative estimate of drug-likeness (QED) is 0.797. The summed E-state index contributed by atoms with van der Waals surface area (Å²) in [6.45, 7) is 0.864. The fourth-order valence-corrected chi connectivity index (χ4v) is 2.26. The summed E-state index contributed by atoms with van der Waals surface area (Å²) in [4.78, 5) is 2.15. The molecule has 0 amide bonds. The number of allylic oxidation sites excluding steroid dienone is 1. The van der Waals surface area contributed by atoms with Crippen molar-refractivity contribution in [1.29, 1.82) is 0 Å². The number of nitrogens with two attached hydrogens (primary N) is 1. The fourth-order valence-electron chi connectivity index (χ4n) is 2.26. The SMILES string of the molecule is COc1ccc2c(c1)C1=C(N)C=CCN1C=C2. The monoisotopic (exact) mass is 226 g/mol. The number of rotatable bonds is 1. The highest BCUT2D eigenvalue weighted by Gasteiger charge is 2.21. The summed E-state index contributed by atoms with van der Waals surface area (Å²) in [5.41, 5.74) is 10.3. The average Bonchev–Trinajstić information content (AvgIpc) is 2.38. The molecule has 1 aromatic carbocycles. The van der Waals surface area contributed by atoms with Gasteiger partial charge in [0.2, 0.25) is 0 Å². The second-order valence-electron chi connectivity index (χ2n) is 4.13. The Hall–Kier alpha value is -2.16. The van der Waals surface area contributed by atoms with E-state index in [1.165, 1.54) is 5.56 Å². The second kappa shape index (κ2) is 3.70. The Morgan fingerprint density at radius 2 is 2.18 bits per heavy atom. The van der Waals surface area contributed by atoms with Crippen molar-refractivity contribution in [2.45, 2.75) is 0 Å². The van der Waals surface area contributed by atoms with Gasteiger partial charge in [-0.2, -0.15) is 0 Å². The van der Waals surface area contributed by atoms with Crippen LogP contribution in [-0.2, 0) is 0 Å². The van der Waals surface area contributed by atoms with Crippen LogP contribution in [0.25, 0.3) is 11.8 Å². The molecule has 0 unspecified atom stereocenters. The Bertz CT molecular complexity index is 555. The molecule has 2 aliphatic rings. The van der Waals surface area contributed by atoms with Gasteiger partial charge in [0.1, 0.15) is 5.75 Å². The third kappa shape index (κ3) is 1.51. The summed E-state index contributed by atoms with van der Waals surface area (Å²) in [5.74, 6) is 0.855. The van der Waals surface area contributed by atoms with Crippen LogP contribution < -0.4 is 10.5 Å². The molecular formula is C14H14N2O. The molecule has 0 radical (unpaired) electrons. The third-order valence-corrected chi connectivity index (χ3v) is 3.11. The lowest BCUT2D eigenvalue weighted by Gasteiger charge is -2.31. The summed E-state index contributed by atoms with van der Waals surface area (Å²) >= 11 is 0. The van der Waals surface area contributed by atoms with Crippen molar-refractivity contribution in [2.75, 3.05) is 13.7 Å². The van der Waals surface area contributed by atoms with Crippen LogP contribution in [0.1, 0.15) is 11.1 Å². The van der Waals surface area contributed by atoms with Gasteiger partial charge in [0.25, 0.3) is 0 Å². The first-order chi connectivity index (χ1) is 8.29. The highest BCUT2D eigenvalue weighted by molar-refractivity contribution is 5.81. The van der Waals surface area contributed by atoms with Crippen molar-refractivity contribution in [1.82, 2.24) is 4.90 Å². The number of nitrogens with zero attached hydrogens (tertiary/aromatic N) is 1. The Kier molecular flexibility index (Phi) is 2.18. The van der Waals surface area contributed by atoms with E-state index in [2.05, 4.69) is 29.3 Å². The lowest BCUT2D eigenvalue weighted by molar-refractivity contribution is 0.414. The first-order valence-electron chi connectivity index (χ1n) is 5.59. The van der Waals surface area contributed by atoms with Crippen molar-refractivity contribution >= 4 is 11.8 Å². The molecule has 0 aromatic heterocycles. The van der Waals surface area contributed by atoms with Gasteiger partial charge in [-0.05, 0) is 29.8 Å². The lowest BCUT2D eigenvalue weighted by atomic mass is 9.97. The van der Waals surface area contributed by atoms with Crippen LogP contribution in [0.15, 0.2) is 42.2 Å². The minimum Gasteiger partial charge on any atom is -0.497 e. The molecule has 0 saturated carbocycles. The maximum Gasteiger partial charge on any atom is 0.119 e. The lowest BCUT2D eigenvalue weighted by Crippen LogP contribution is -2.25. The van der Waals surface area contributed by atoms with E-state index in [1.807, 2.05) is 18.2 Å². The van der Waals surface area contributed by atoms with Crippen LogP contribution in [0.3, 0.4) is 0 Å².